The van der Waals surface area contributed by atoms with Crippen molar-refractivity contribution in [3.05, 3.63) is 52.5 Å². The Morgan fingerprint density at radius 3 is 2.70 bits per heavy atom. The highest BCUT2D eigenvalue weighted by Crippen LogP contribution is 2.34. The summed E-state index contributed by atoms with van der Waals surface area (Å²) in [6, 6.07) is 10.0. The molecule has 3 rings (SSSR count). The number of carbonyl (C=O) groups excluding carboxylic acids is 1. The smallest absolute Gasteiger partial charge is 0.231 e. The minimum Gasteiger partial charge on any atom is -0.497 e. The lowest BCUT2D eigenvalue weighted by atomic mass is 10.0. The quantitative estimate of drug-likeness (QED) is 0.814. The van der Waals surface area contributed by atoms with Gasteiger partial charge in [0.15, 0.2) is 17.3 Å². The number of ketones is 1. The van der Waals surface area contributed by atoms with E-state index in [1.54, 1.807) is 43.5 Å². The van der Waals surface area contributed by atoms with E-state index in [9.17, 15) is 4.79 Å². The predicted octanol–water partition coefficient (Wildman–Crippen LogP) is 3.31. The van der Waals surface area contributed by atoms with Crippen LogP contribution in [0.25, 0.3) is 0 Å². The van der Waals surface area contributed by atoms with Crippen LogP contribution < -0.4 is 14.2 Å². The largest absolute Gasteiger partial charge is 0.497 e. The van der Waals surface area contributed by atoms with Gasteiger partial charge in [0.25, 0.3) is 0 Å². The second-order valence-corrected chi connectivity index (χ2v) is 4.65. The number of fused-ring (bicyclic) bond motifs is 1. The first kappa shape index (κ1) is 12.8. The maximum atomic E-state index is 12.4. The number of ether oxygens (including phenoxy) is 3. The monoisotopic (exact) mass is 290 g/mol. The van der Waals surface area contributed by atoms with Gasteiger partial charge in [0.1, 0.15) is 5.75 Å². The van der Waals surface area contributed by atoms with E-state index in [4.69, 9.17) is 25.8 Å². The minimum atomic E-state index is -0.170. The van der Waals surface area contributed by atoms with Gasteiger partial charge in [0, 0.05) is 11.1 Å². The summed E-state index contributed by atoms with van der Waals surface area (Å²) >= 11 is 6.11. The van der Waals surface area contributed by atoms with E-state index in [1.807, 2.05) is 0 Å². The molecule has 20 heavy (non-hydrogen) atoms. The molecule has 2 aromatic carbocycles. The Morgan fingerprint density at radius 2 is 1.95 bits per heavy atom. The third kappa shape index (κ3) is 2.18. The Morgan fingerprint density at radius 1 is 1.15 bits per heavy atom. The van der Waals surface area contributed by atoms with Gasteiger partial charge >= 0.3 is 0 Å². The summed E-state index contributed by atoms with van der Waals surface area (Å²) in [7, 11) is 1.55. The summed E-state index contributed by atoms with van der Waals surface area (Å²) in [6.45, 7) is 0.177. The Bertz CT molecular complexity index is 682. The van der Waals surface area contributed by atoms with Crippen molar-refractivity contribution < 1.29 is 19.0 Å². The molecule has 4 nitrogen and oxygen atoms in total. The van der Waals surface area contributed by atoms with Crippen molar-refractivity contribution in [1.82, 2.24) is 0 Å². The summed E-state index contributed by atoms with van der Waals surface area (Å²) in [4.78, 5) is 12.4. The molecular weight excluding hydrogens is 280 g/mol. The second-order valence-electron chi connectivity index (χ2n) is 4.24. The summed E-state index contributed by atoms with van der Waals surface area (Å²) < 4.78 is 15.5. The zero-order valence-electron chi connectivity index (χ0n) is 10.7. The van der Waals surface area contributed by atoms with Gasteiger partial charge in [-0.1, -0.05) is 11.6 Å². The number of halogens is 1. The first-order valence-corrected chi connectivity index (χ1v) is 6.35. The topological polar surface area (TPSA) is 44.8 Å². The Balaban J connectivity index is 1.96. The Labute approximate surface area is 120 Å². The lowest BCUT2D eigenvalue weighted by Gasteiger charge is -2.06. The molecule has 5 heteroatoms. The molecule has 0 unspecified atom stereocenters. The molecule has 0 radical (unpaired) electrons. The van der Waals surface area contributed by atoms with E-state index < -0.39 is 0 Å². The van der Waals surface area contributed by atoms with E-state index in [2.05, 4.69) is 0 Å². The van der Waals surface area contributed by atoms with Crippen LogP contribution in [0.5, 0.6) is 17.2 Å². The lowest BCUT2D eigenvalue weighted by molar-refractivity contribution is 0.103. The van der Waals surface area contributed by atoms with E-state index in [0.717, 1.165) is 0 Å². The van der Waals surface area contributed by atoms with Gasteiger partial charge in [0.05, 0.1) is 12.1 Å². The molecule has 0 N–H and O–H groups in total. The fourth-order valence-electron chi connectivity index (χ4n) is 2.00. The fraction of sp³-hybridized carbons (Fsp3) is 0.133. The van der Waals surface area contributed by atoms with Crippen LogP contribution >= 0.6 is 11.6 Å². The normalized spacial score (nSPS) is 12.3. The minimum absolute atomic E-state index is 0.170. The molecule has 0 aliphatic carbocycles. The van der Waals surface area contributed by atoms with Crippen molar-refractivity contribution in [1.29, 1.82) is 0 Å². The van der Waals surface area contributed by atoms with Crippen LogP contribution in [0, 0.1) is 0 Å². The van der Waals surface area contributed by atoms with Crippen molar-refractivity contribution in [3.63, 3.8) is 0 Å². The molecule has 0 saturated heterocycles. The van der Waals surface area contributed by atoms with E-state index in [-0.39, 0.29) is 12.6 Å². The maximum absolute atomic E-state index is 12.4. The van der Waals surface area contributed by atoms with Crippen LogP contribution in [-0.4, -0.2) is 19.7 Å². The molecular formula is C15H11ClO4. The average molecular weight is 291 g/mol. The number of methoxy groups -OCH3 is 1. The zero-order valence-corrected chi connectivity index (χ0v) is 11.4. The maximum Gasteiger partial charge on any atom is 0.231 e. The van der Waals surface area contributed by atoms with E-state index >= 15 is 0 Å². The lowest BCUT2D eigenvalue weighted by Crippen LogP contribution is -2.02. The number of benzene rings is 2. The molecule has 0 fully saturated rings. The Hall–Kier alpha value is -2.20. The molecule has 1 heterocycles. The fourth-order valence-corrected chi connectivity index (χ4v) is 2.26. The predicted molar refractivity (Wildman–Crippen MR) is 74.0 cm³/mol. The highest BCUT2D eigenvalue weighted by Gasteiger charge is 2.18. The number of rotatable bonds is 3. The SMILES string of the molecule is COc1ccc(C(=O)c2ccc3c(c2)OCO3)c(Cl)c1. The molecule has 0 aromatic heterocycles. The first-order chi connectivity index (χ1) is 9.69. The van der Waals surface area contributed by atoms with Gasteiger partial charge in [-0.05, 0) is 36.4 Å². The molecule has 1 aliphatic heterocycles. The van der Waals surface area contributed by atoms with Crippen LogP contribution in [0.4, 0.5) is 0 Å². The Kier molecular flexibility index (Phi) is 3.24. The summed E-state index contributed by atoms with van der Waals surface area (Å²) in [5, 5.41) is 0.354. The van der Waals surface area contributed by atoms with Crippen LogP contribution in [0.3, 0.4) is 0 Å². The molecule has 1 aliphatic rings. The zero-order chi connectivity index (χ0) is 14.1. The molecule has 0 saturated carbocycles. The van der Waals surface area contributed by atoms with E-state index in [1.165, 1.54) is 0 Å². The molecule has 2 aromatic rings. The van der Waals surface area contributed by atoms with Crippen molar-refractivity contribution in [2.24, 2.45) is 0 Å². The molecule has 0 spiro atoms. The summed E-state index contributed by atoms with van der Waals surface area (Å²) in [5.41, 5.74) is 0.924. The van der Waals surface area contributed by atoms with Crippen LogP contribution in [-0.2, 0) is 0 Å². The average Bonchev–Trinajstić information content (AvgIpc) is 2.93. The van der Waals surface area contributed by atoms with Gasteiger partial charge in [-0.2, -0.15) is 0 Å². The van der Waals surface area contributed by atoms with Crippen molar-refractivity contribution in [2.75, 3.05) is 13.9 Å². The molecule has 0 bridgehead atoms. The van der Waals surface area contributed by atoms with Crippen molar-refractivity contribution in [2.45, 2.75) is 0 Å². The van der Waals surface area contributed by atoms with Crippen molar-refractivity contribution >= 4 is 17.4 Å². The highest BCUT2D eigenvalue weighted by atomic mass is 35.5. The number of carbonyl (C=O) groups is 1. The van der Waals surface area contributed by atoms with Crippen LogP contribution in [0.2, 0.25) is 5.02 Å². The number of hydrogen-bond acceptors (Lipinski definition) is 4. The second kappa shape index (κ2) is 5.06. The van der Waals surface area contributed by atoms with Gasteiger partial charge < -0.3 is 14.2 Å². The summed E-state index contributed by atoms with van der Waals surface area (Å²) in [6.07, 6.45) is 0. The van der Waals surface area contributed by atoms with Gasteiger partial charge in [-0.15, -0.1) is 0 Å². The van der Waals surface area contributed by atoms with Gasteiger partial charge in [-0.3, -0.25) is 4.79 Å². The van der Waals surface area contributed by atoms with Gasteiger partial charge in [0.2, 0.25) is 6.79 Å². The van der Waals surface area contributed by atoms with Crippen molar-refractivity contribution in [3.8, 4) is 17.2 Å². The van der Waals surface area contributed by atoms with Crippen LogP contribution in [0.15, 0.2) is 36.4 Å². The van der Waals surface area contributed by atoms with Gasteiger partial charge in [-0.25, -0.2) is 0 Å². The third-order valence-corrected chi connectivity index (χ3v) is 3.37. The van der Waals surface area contributed by atoms with E-state index in [0.29, 0.717) is 33.4 Å². The molecule has 102 valence electrons. The molecule has 0 atom stereocenters. The number of hydrogen-bond donors (Lipinski definition) is 0. The molecule has 0 amide bonds. The standard InChI is InChI=1S/C15H11ClO4/c1-18-10-3-4-11(12(16)7-10)15(17)9-2-5-13-14(6-9)20-8-19-13/h2-7H,8H2,1H3. The third-order valence-electron chi connectivity index (χ3n) is 3.06. The van der Waals surface area contributed by atoms with Crippen LogP contribution in [0.1, 0.15) is 15.9 Å². The highest BCUT2D eigenvalue weighted by molar-refractivity contribution is 6.35. The first-order valence-electron chi connectivity index (χ1n) is 5.97. The summed E-state index contributed by atoms with van der Waals surface area (Å²) in [5.74, 6) is 1.65.